The number of hydrogen-bond donors (Lipinski definition) is 0. The number of furan rings is 1. The van der Waals surface area contributed by atoms with Crippen LogP contribution in [0.3, 0.4) is 0 Å². The molecule has 5 heteroatoms. The van der Waals surface area contributed by atoms with Crippen molar-refractivity contribution < 1.29 is 18.3 Å². The Kier molecular flexibility index (Phi) is 3.88. The average Bonchev–Trinajstić information content (AvgIpc) is 3.18. The molecule has 22 heavy (non-hydrogen) atoms. The highest BCUT2D eigenvalue weighted by atomic mass is 19.1. The first kappa shape index (κ1) is 14.6. The Balaban J connectivity index is 1.90. The first-order chi connectivity index (χ1) is 10.6. The molecule has 0 N–H and O–H groups in total. The number of benzene rings is 1. The first-order valence-electron chi connectivity index (χ1n) is 7.31. The van der Waals surface area contributed by atoms with Crippen LogP contribution in [0.1, 0.15) is 41.9 Å². The summed E-state index contributed by atoms with van der Waals surface area (Å²) in [6, 6.07) is 7.84. The third-order valence-corrected chi connectivity index (χ3v) is 3.95. The van der Waals surface area contributed by atoms with Gasteiger partial charge in [-0.2, -0.15) is 0 Å². The van der Waals surface area contributed by atoms with E-state index in [1.54, 1.807) is 23.3 Å². The molecule has 0 spiro atoms. The van der Waals surface area contributed by atoms with E-state index in [0.29, 0.717) is 11.5 Å². The van der Waals surface area contributed by atoms with Crippen LogP contribution in [0.5, 0.6) is 5.75 Å². The predicted octanol–water partition coefficient (Wildman–Crippen LogP) is 3.79. The quantitative estimate of drug-likeness (QED) is 0.844. The van der Waals surface area contributed by atoms with E-state index >= 15 is 0 Å². The molecule has 4 nitrogen and oxygen atoms in total. The highest BCUT2D eigenvalue weighted by Crippen LogP contribution is 2.36. The third-order valence-electron chi connectivity index (χ3n) is 3.95. The van der Waals surface area contributed by atoms with Gasteiger partial charge in [0.05, 0.1) is 25.0 Å². The van der Waals surface area contributed by atoms with Crippen molar-refractivity contribution in [1.29, 1.82) is 0 Å². The summed E-state index contributed by atoms with van der Waals surface area (Å²) in [4.78, 5) is 14.5. The van der Waals surface area contributed by atoms with E-state index < -0.39 is 5.82 Å². The van der Waals surface area contributed by atoms with E-state index in [-0.39, 0.29) is 23.6 Å². The van der Waals surface area contributed by atoms with Crippen molar-refractivity contribution in [3.8, 4) is 5.75 Å². The van der Waals surface area contributed by atoms with Gasteiger partial charge in [-0.15, -0.1) is 0 Å². The van der Waals surface area contributed by atoms with Gasteiger partial charge in [0.2, 0.25) is 0 Å². The Morgan fingerprint density at radius 2 is 2.18 bits per heavy atom. The van der Waals surface area contributed by atoms with Crippen molar-refractivity contribution >= 4 is 5.91 Å². The van der Waals surface area contributed by atoms with Gasteiger partial charge >= 0.3 is 0 Å². The fourth-order valence-electron chi connectivity index (χ4n) is 2.61. The first-order valence-corrected chi connectivity index (χ1v) is 7.31. The standard InChI is InChI=1S/C17H18FNO3/c1-11(16-4-3-9-22-16)19(12-5-6-12)17(20)14-8-7-13(21-2)10-15(14)18/h3-4,7-12H,5-6H2,1-2H3/t11-/m0/s1. The summed E-state index contributed by atoms with van der Waals surface area (Å²) in [5.41, 5.74) is 0.0612. The molecule has 0 radical (unpaired) electrons. The molecule has 116 valence electrons. The van der Waals surface area contributed by atoms with Gasteiger partial charge in [0.1, 0.15) is 17.3 Å². The van der Waals surface area contributed by atoms with Crippen LogP contribution in [0.25, 0.3) is 0 Å². The largest absolute Gasteiger partial charge is 0.497 e. The minimum atomic E-state index is -0.568. The van der Waals surface area contributed by atoms with Gasteiger partial charge in [-0.3, -0.25) is 4.79 Å². The summed E-state index contributed by atoms with van der Waals surface area (Å²) in [5.74, 6) is 0.216. The molecule has 0 saturated heterocycles. The molecule has 1 saturated carbocycles. The maximum absolute atomic E-state index is 14.2. The van der Waals surface area contributed by atoms with E-state index in [1.807, 2.05) is 13.0 Å². The van der Waals surface area contributed by atoms with Crippen LogP contribution >= 0.6 is 0 Å². The number of carbonyl (C=O) groups is 1. The highest BCUT2D eigenvalue weighted by Gasteiger charge is 2.38. The van der Waals surface area contributed by atoms with Crippen LogP contribution < -0.4 is 4.74 Å². The number of ether oxygens (including phenoxy) is 1. The number of hydrogen-bond acceptors (Lipinski definition) is 3. The average molecular weight is 303 g/mol. The van der Waals surface area contributed by atoms with Crippen molar-refractivity contribution in [3.63, 3.8) is 0 Å². The molecule has 0 bridgehead atoms. The molecule has 2 aromatic rings. The van der Waals surface area contributed by atoms with Crippen LogP contribution in [0.15, 0.2) is 41.0 Å². The summed E-state index contributed by atoms with van der Waals surface area (Å²) in [6.45, 7) is 1.90. The van der Waals surface area contributed by atoms with Gasteiger partial charge in [0.15, 0.2) is 0 Å². The minimum Gasteiger partial charge on any atom is -0.497 e. The van der Waals surface area contributed by atoms with E-state index in [0.717, 1.165) is 12.8 Å². The Morgan fingerprint density at radius 3 is 2.73 bits per heavy atom. The fourth-order valence-corrected chi connectivity index (χ4v) is 2.61. The smallest absolute Gasteiger partial charge is 0.257 e. The van der Waals surface area contributed by atoms with E-state index in [1.165, 1.54) is 19.2 Å². The molecule has 1 aromatic carbocycles. The fraction of sp³-hybridized carbons (Fsp3) is 0.353. The summed E-state index contributed by atoms with van der Waals surface area (Å²) in [5, 5.41) is 0. The molecule has 0 unspecified atom stereocenters. The summed E-state index contributed by atoms with van der Waals surface area (Å²) in [6.07, 6.45) is 3.46. The molecule has 1 amide bonds. The molecular formula is C17H18FNO3. The molecular weight excluding hydrogens is 285 g/mol. The second kappa shape index (κ2) is 5.83. The highest BCUT2D eigenvalue weighted by molar-refractivity contribution is 5.95. The second-order valence-electron chi connectivity index (χ2n) is 5.48. The molecule has 3 rings (SSSR count). The zero-order valence-electron chi connectivity index (χ0n) is 12.6. The lowest BCUT2D eigenvalue weighted by Crippen LogP contribution is -2.36. The summed E-state index contributed by atoms with van der Waals surface area (Å²) in [7, 11) is 1.46. The number of amides is 1. The Labute approximate surface area is 128 Å². The molecule has 0 aliphatic heterocycles. The Bertz CT molecular complexity index is 665. The molecule has 1 fully saturated rings. The van der Waals surface area contributed by atoms with Crippen molar-refractivity contribution in [2.24, 2.45) is 0 Å². The van der Waals surface area contributed by atoms with Gasteiger partial charge in [0, 0.05) is 12.1 Å². The summed E-state index contributed by atoms with van der Waals surface area (Å²) < 4.78 is 24.6. The van der Waals surface area contributed by atoms with Crippen LogP contribution in [0, 0.1) is 5.82 Å². The SMILES string of the molecule is COc1ccc(C(=O)N(C2CC2)[C@@H](C)c2ccco2)c(F)c1. The van der Waals surface area contributed by atoms with Gasteiger partial charge in [-0.25, -0.2) is 4.39 Å². The lowest BCUT2D eigenvalue weighted by molar-refractivity contribution is 0.0648. The van der Waals surface area contributed by atoms with E-state index in [2.05, 4.69) is 0 Å². The van der Waals surface area contributed by atoms with Crippen LogP contribution in [0.4, 0.5) is 4.39 Å². The van der Waals surface area contributed by atoms with Gasteiger partial charge in [-0.1, -0.05) is 0 Å². The van der Waals surface area contributed by atoms with E-state index in [9.17, 15) is 9.18 Å². The third kappa shape index (κ3) is 2.71. The predicted molar refractivity (Wildman–Crippen MR) is 79.3 cm³/mol. The number of halogens is 1. The number of methoxy groups -OCH3 is 1. The maximum Gasteiger partial charge on any atom is 0.257 e. The zero-order chi connectivity index (χ0) is 15.7. The number of rotatable bonds is 5. The van der Waals surface area contributed by atoms with E-state index in [4.69, 9.17) is 9.15 Å². The van der Waals surface area contributed by atoms with Crippen LogP contribution in [-0.4, -0.2) is 24.0 Å². The lowest BCUT2D eigenvalue weighted by Gasteiger charge is -2.28. The second-order valence-corrected chi connectivity index (χ2v) is 5.48. The van der Waals surface area contributed by atoms with Crippen molar-refractivity contribution in [2.75, 3.05) is 7.11 Å². The van der Waals surface area contributed by atoms with Crippen LogP contribution in [0.2, 0.25) is 0 Å². The molecule has 1 atom stereocenters. The normalized spacial score (nSPS) is 15.4. The maximum atomic E-state index is 14.2. The Morgan fingerprint density at radius 1 is 1.41 bits per heavy atom. The number of nitrogens with zero attached hydrogens (tertiary/aromatic N) is 1. The molecule has 1 aliphatic rings. The number of carbonyl (C=O) groups excluding carboxylic acids is 1. The molecule has 1 heterocycles. The van der Waals surface area contributed by atoms with Crippen molar-refractivity contribution in [2.45, 2.75) is 31.8 Å². The Hall–Kier alpha value is -2.30. The zero-order valence-corrected chi connectivity index (χ0v) is 12.6. The lowest BCUT2D eigenvalue weighted by atomic mass is 10.1. The summed E-state index contributed by atoms with van der Waals surface area (Å²) >= 11 is 0. The van der Waals surface area contributed by atoms with Crippen LogP contribution in [-0.2, 0) is 0 Å². The van der Waals surface area contributed by atoms with Gasteiger partial charge < -0.3 is 14.1 Å². The van der Waals surface area contributed by atoms with Crippen molar-refractivity contribution in [3.05, 3.63) is 53.7 Å². The molecule has 1 aliphatic carbocycles. The van der Waals surface area contributed by atoms with Gasteiger partial charge in [-0.05, 0) is 44.0 Å². The van der Waals surface area contributed by atoms with Gasteiger partial charge in [0.25, 0.3) is 5.91 Å². The topological polar surface area (TPSA) is 42.7 Å². The minimum absolute atomic E-state index is 0.0612. The monoisotopic (exact) mass is 303 g/mol. The molecule has 1 aromatic heterocycles. The van der Waals surface area contributed by atoms with Crippen molar-refractivity contribution in [1.82, 2.24) is 4.90 Å².